The number of hydrogen-bond acceptors (Lipinski definition) is 3. The van der Waals surface area contributed by atoms with Gasteiger partial charge in [0.1, 0.15) is 0 Å². The summed E-state index contributed by atoms with van der Waals surface area (Å²) in [4.78, 5) is 0. The lowest BCUT2D eigenvalue weighted by Gasteiger charge is -2.40. The lowest BCUT2D eigenvalue weighted by molar-refractivity contribution is 0.203. The molecule has 64 valence electrons. The molecule has 0 spiro atoms. The maximum Gasteiger partial charge on any atom is 0.0240 e. The number of nitrogens with one attached hydrogen (secondary N) is 2. The van der Waals surface area contributed by atoms with E-state index in [-0.39, 0.29) is 0 Å². The van der Waals surface area contributed by atoms with Gasteiger partial charge in [-0.1, -0.05) is 6.42 Å². The van der Waals surface area contributed by atoms with Gasteiger partial charge in [0.25, 0.3) is 0 Å². The summed E-state index contributed by atoms with van der Waals surface area (Å²) in [6.07, 6.45) is 6.52. The second-order valence-corrected chi connectivity index (χ2v) is 3.83. The van der Waals surface area contributed by atoms with Crippen LogP contribution in [0.3, 0.4) is 0 Å². The van der Waals surface area contributed by atoms with Crippen LogP contribution in [0.25, 0.3) is 0 Å². The molecule has 2 unspecified atom stereocenters. The zero-order valence-corrected chi connectivity index (χ0v) is 6.84. The van der Waals surface area contributed by atoms with Crippen molar-refractivity contribution in [3.05, 3.63) is 0 Å². The fourth-order valence-electron chi connectivity index (χ4n) is 2.40. The van der Waals surface area contributed by atoms with Crippen LogP contribution in [0.5, 0.6) is 0 Å². The largest absolute Gasteiger partial charge is 0.311 e. The smallest absolute Gasteiger partial charge is 0.0240 e. The van der Waals surface area contributed by atoms with Crippen molar-refractivity contribution in [1.82, 2.24) is 10.7 Å². The molecule has 2 atom stereocenters. The number of fused-ring (bicyclic) bond motifs is 2. The summed E-state index contributed by atoms with van der Waals surface area (Å²) in [5.74, 6) is 5.43. The van der Waals surface area contributed by atoms with E-state index in [1.165, 1.54) is 32.1 Å². The SMILES string of the molecule is NNC1CC2CCCC(C1)N2. The lowest BCUT2D eigenvalue weighted by Crippen LogP contribution is -2.55. The third kappa shape index (κ3) is 1.55. The Morgan fingerprint density at radius 3 is 2.36 bits per heavy atom. The summed E-state index contributed by atoms with van der Waals surface area (Å²) < 4.78 is 0. The van der Waals surface area contributed by atoms with Crippen LogP contribution in [0.4, 0.5) is 0 Å². The molecule has 11 heavy (non-hydrogen) atoms. The standard InChI is InChI=1S/C8H17N3/c9-11-8-4-6-2-1-3-7(5-8)10-6/h6-8,10-11H,1-5,9H2. The molecule has 4 N–H and O–H groups in total. The van der Waals surface area contributed by atoms with Crippen LogP contribution in [0.15, 0.2) is 0 Å². The molecule has 2 heterocycles. The van der Waals surface area contributed by atoms with Gasteiger partial charge in [-0.05, 0) is 25.7 Å². The predicted octanol–water partition coefficient (Wildman–Crippen LogP) is 0.123. The summed E-state index contributed by atoms with van der Waals surface area (Å²) >= 11 is 0. The van der Waals surface area contributed by atoms with E-state index in [0.29, 0.717) is 6.04 Å². The molecule has 0 aromatic heterocycles. The third-order valence-corrected chi connectivity index (χ3v) is 2.95. The summed E-state index contributed by atoms with van der Waals surface area (Å²) in [5, 5.41) is 3.62. The number of hydrogen-bond donors (Lipinski definition) is 3. The Balaban J connectivity index is 1.94. The molecule has 2 fully saturated rings. The number of piperidine rings is 2. The Kier molecular flexibility index (Phi) is 2.11. The maximum absolute atomic E-state index is 5.43. The van der Waals surface area contributed by atoms with Gasteiger partial charge in [-0.3, -0.25) is 11.3 Å². The van der Waals surface area contributed by atoms with E-state index in [9.17, 15) is 0 Å². The molecular formula is C8H17N3. The van der Waals surface area contributed by atoms with Crippen molar-refractivity contribution >= 4 is 0 Å². The number of hydrazine groups is 1. The van der Waals surface area contributed by atoms with Gasteiger partial charge in [0.2, 0.25) is 0 Å². The van der Waals surface area contributed by atoms with E-state index in [2.05, 4.69) is 10.7 Å². The van der Waals surface area contributed by atoms with E-state index in [0.717, 1.165) is 12.1 Å². The summed E-state index contributed by atoms with van der Waals surface area (Å²) in [5.41, 5.74) is 2.89. The van der Waals surface area contributed by atoms with Gasteiger partial charge in [-0.2, -0.15) is 0 Å². The molecule has 0 aromatic carbocycles. The van der Waals surface area contributed by atoms with Crippen LogP contribution in [-0.4, -0.2) is 18.1 Å². The first-order valence-corrected chi connectivity index (χ1v) is 4.60. The zero-order valence-electron chi connectivity index (χ0n) is 6.84. The Morgan fingerprint density at radius 1 is 1.18 bits per heavy atom. The van der Waals surface area contributed by atoms with Gasteiger partial charge in [0.15, 0.2) is 0 Å². The molecule has 2 saturated heterocycles. The molecule has 0 aromatic rings. The molecular weight excluding hydrogens is 138 g/mol. The monoisotopic (exact) mass is 155 g/mol. The molecule has 0 radical (unpaired) electrons. The average molecular weight is 155 g/mol. The molecule has 0 amide bonds. The molecule has 0 saturated carbocycles. The van der Waals surface area contributed by atoms with E-state index >= 15 is 0 Å². The summed E-state index contributed by atoms with van der Waals surface area (Å²) in [6, 6.07) is 2.04. The Hall–Kier alpha value is -0.120. The molecule has 3 heteroatoms. The van der Waals surface area contributed by atoms with Crippen molar-refractivity contribution in [1.29, 1.82) is 0 Å². The average Bonchev–Trinajstić information content (AvgIpc) is 2.03. The van der Waals surface area contributed by atoms with E-state index in [1.807, 2.05) is 0 Å². The van der Waals surface area contributed by atoms with Crippen molar-refractivity contribution in [3.63, 3.8) is 0 Å². The normalized spacial score (nSPS) is 43.9. The van der Waals surface area contributed by atoms with E-state index < -0.39 is 0 Å². The lowest BCUT2D eigenvalue weighted by atomic mass is 9.84. The van der Waals surface area contributed by atoms with Crippen molar-refractivity contribution in [2.75, 3.05) is 0 Å². The highest BCUT2D eigenvalue weighted by atomic mass is 15.2. The number of nitrogens with two attached hydrogens (primary N) is 1. The second kappa shape index (κ2) is 3.09. The topological polar surface area (TPSA) is 50.1 Å². The van der Waals surface area contributed by atoms with Crippen LogP contribution in [0, 0.1) is 0 Å². The highest BCUT2D eigenvalue weighted by Crippen LogP contribution is 2.25. The first kappa shape index (κ1) is 7.53. The third-order valence-electron chi connectivity index (χ3n) is 2.95. The summed E-state index contributed by atoms with van der Waals surface area (Å²) in [7, 11) is 0. The van der Waals surface area contributed by atoms with Crippen LogP contribution in [-0.2, 0) is 0 Å². The van der Waals surface area contributed by atoms with Crippen LogP contribution in [0.2, 0.25) is 0 Å². The van der Waals surface area contributed by atoms with Gasteiger partial charge in [0.05, 0.1) is 0 Å². The van der Waals surface area contributed by atoms with Gasteiger partial charge in [0, 0.05) is 18.1 Å². The van der Waals surface area contributed by atoms with Crippen molar-refractivity contribution in [2.45, 2.75) is 50.2 Å². The molecule has 2 rings (SSSR count). The Labute approximate surface area is 67.7 Å². The fourth-order valence-corrected chi connectivity index (χ4v) is 2.40. The van der Waals surface area contributed by atoms with Crippen molar-refractivity contribution in [3.8, 4) is 0 Å². The van der Waals surface area contributed by atoms with Gasteiger partial charge >= 0.3 is 0 Å². The molecule has 2 aliphatic heterocycles. The Morgan fingerprint density at radius 2 is 1.82 bits per heavy atom. The maximum atomic E-state index is 5.43. The molecule has 3 nitrogen and oxygen atoms in total. The number of rotatable bonds is 1. The zero-order chi connectivity index (χ0) is 7.68. The fraction of sp³-hybridized carbons (Fsp3) is 1.00. The Bertz CT molecular complexity index is 125. The minimum Gasteiger partial charge on any atom is -0.311 e. The first-order chi connectivity index (χ1) is 5.38. The highest BCUT2D eigenvalue weighted by Gasteiger charge is 2.30. The van der Waals surface area contributed by atoms with Crippen LogP contribution >= 0.6 is 0 Å². The van der Waals surface area contributed by atoms with Gasteiger partial charge in [-0.15, -0.1) is 0 Å². The van der Waals surface area contributed by atoms with Gasteiger partial charge in [-0.25, -0.2) is 0 Å². The second-order valence-electron chi connectivity index (χ2n) is 3.83. The van der Waals surface area contributed by atoms with Crippen molar-refractivity contribution in [2.24, 2.45) is 5.84 Å². The first-order valence-electron chi connectivity index (χ1n) is 4.60. The molecule has 2 aliphatic rings. The predicted molar refractivity (Wildman–Crippen MR) is 44.9 cm³/mol. The van der Waals surface area contributed by atoms with E-state index in [4.69, 9.17) is 5.84 Å². The highest BCUT2D eigenvalue weighted by molar-refractivity contribution is 4.91. The minimum atomic E-state index is 0.562. The summed E-state index contributed by atoms with van der Waals surface area (Å²) in [6.45, 7) is 0. The quantitative estimate of drug-likeness (QED) is 0.372. The minimum absolute atomic E-state index is 0.562. The molecule has 2 bridgehead atoms. The van der Waals surface area contributed by atoms with E-state index in [1.54, 1.807) is 0 Å². The molecule has 0 aliphatic carbocycles. The van der Waals surface area contributed by atoms with Crippen molar-refractivity contribution < 1.29 is 0 Å². The van der Waals surface area contributed by atoms with Gasteiger partial charge < -0.3 is 5.32 Å². The van der Waals surface area contributed by atoms with Crippen LogP contribution in [0.1, 0.15) is 32.1 Å². The van der Waals surface area contributed by atoms with Crippen LogP contribution < -0.4 is 16.6 Å².